The lowest BCUT2D eigenvalue weighted by Crippen LogP contribution is -2.30. The predicted molar refractivity (Wildman–Crippen MR) is 141 cm³/mol. The fourth-order valence-electron chi connectivity index (χ4n) is 3.29. The molecule has 1 unspecified atom stereocenters. The van der Waals surface area contributed by atoms with Crippen LogP contribution in [0, 0.1) is 0 Å². The molecule has 0 aromatic heterocycles. The lowest BCUT2D eigenvalue weighted by Gasteiger charge is -2.15. The number of benzene rings is 3. The van der Waals surface area contributed by atoms with Crippen LogP contribution in [0.4, 0.5) is 11.4 Å². The Morgan fingerprint density at radius 3 is 2.17 bits per heavy atom. The molecule has 0 radical (unpaired) electrons. The molecule has 3 aromatic carbocycles. The van der Waals surface area contributed by atoms with Gasteiger partial charge in [0, 0.05) is 16.9 Å². The number of para-hydroxylation sites is 1. The van der Waals surface area contributed by atoms with Gasteiger partial charge < -0.3 is 20.1 Å². The first-order valence-electron chi connectivity index (χ1n) is 11.8. The molecule has 0 heterocycles. The highest BCUT2D eigenvalue weighted by atomic mass is 35.5. The van der Waals surface area contributed by atoms with E-state index in [9.17, 15) is 9.59 Å². The Morgan fingerprint density at radius 2 is 1.51 bits per heavy atom. The summed E-state index contributed by atoms with van der Waals surface area (Å²) in [6.45, 7) is 4.51. The summed E-state index contributed by atoms with van der Waals surface area (Å²) in [4.78, 5) is 25.0. The quantitative estimate of drug-likeness (QED) is 0.267. The molecule has 0 aliphatic rings. The second kappa shape index (κ2) is 13.4. The zero-order valence-electron chi connectivity index (χ0n) is 20.1. The molecule has 0 aliphatic heterocycles. The van der Waals surface area contributed by atoms with Crippen molar-refractivity contribution in [3.63, 3.8) is 0 Å². The molecule has 7 heteroatoms. The van der Waals surface area contributed by atoms with E-state index < -0.39 is 6.10 Å². The number of amides is 2. The van der Waals surface area contributed by atoms with Crippen molar-refractivity contribution in [3.05, 3.63) is 83.4 Å². The van der Waals surface area contributed by atoms with Crippen molar-refractivity contribution in [3.8, 4) is 11.5 Å². The van der Waals surface area contributed by atoms with Gasteiger partial charge in [0.2, 0.25) is 0 Å². The number of anilines is 2. The highest BCUT2D eigenvalue weighted by molar-refractivity contribution is 6.32. The van der Waals surface area contributed by atoms with E-state index in [0.717, 1.165) is 18.6 Å². The highest BCUT2D eigenvalue weighted by Gasteiger charge is 2.16. The summed E-state index contributed by atoms with van der Waals surface area (Å²) in [6.07, 6.45) is 3.86. The Balaban J connectivity index is 1.47. The summed E-state index contributed by atoms with van der Waals surface area (Å²) in [5.41, 5.74) is 1.74. The SMILES string of the molecule is CCCCCCOc1ccc(C(=O)Nc2ccc(NC(=O)C(C)Oc3ccccc3Cl)cc2)cc1. The lowest BCUT2D eigenvalue weighted by molar-refractivity contribution is -0.122. The molecule has 0 saturated heterocycles. The van der Waals surface area contributed by atoms with E-state index in [1.807, 2.05) is 0 Å². The van der Waals surface area contributed by atoms with Crippen molar-refractivity contribution < 1.29 is 19.1 Å². The molecule has 2 amide bonds. The summed E-state index contributed by atoms with van der Waals surface area (Å²) >= 11 is 6.08. The zero-order valence-corrected chi connectivity index (χ0v) is 20.8. The van der Waals surface area contributed by atoms with Crippen LogP contribution in [0.1, 0.15) is 49.9 Å². The molecule has 2 N–H and O–H groups in total. The highest BCUT2D eigenvalue weighted by Crippen LogP contribution is 2.24. The van der Waals surface area contributed by atoms with Crippen molar-refractivity contribution in [1.82, 2.24) is 0 Å². The maximum Gasteiger partial charge on any atom is 0.265 e. The number of unbranched alkanes of at least 4 members (excludes halogenated alkanes) is 3. The minimum absolute atomic E-state index is 0.224. The fourth-order valence-corrected chi connectivity index (χ4v) is 3.47. The number of nitrogens with one attached hydrogen (secondary N) is 2. The van der Waals surface area contributed by atoms with Crippen LogP contribution < -0.4 is 20.1 Å². The Hall–Kier alpha value is -3.51. The van der Waals surface area contributed by atoms with Crippen molar-refractivity contribution in [2.75, 3.05) is 17.2 Å². The second-order valence-corrected chi connectivity index (χ2v) is 8.55. The monoisotopic (exact) mass is 494 g/mol. The largest absolute Gasteiger partial charge is 0.494 e. The molecule has 184 valence electrons. The molecule has 6 nitrogen and oxygen atoms in total. The molecule has 0 spiro atoms. The Kier molecular flexibility index (Phi) is 9.99. The lowest BCUT2D eigenvalue weighted by atomic mass is 10.2. The van der Waals surface area contributed by atoms with Gasteiger partial charge in [0.1, 0.15) is 11.5 Å². The Bertz CT molecular complexity index is 1100. The molecule has 0 bridgehead atoms. The first-order valence-corrected chi connectivity index (χ1v) is 12.2. The minimum atomic E-state index is -0.738. The molecule has 35 heavy (non-hydrogen) atoms. The average Bonchev–Trinajstić information content (AvgIpc) is 2.86. The summed E-state index contributed by atoms with van der Waals surface area (Å²) < 4.78 is 11.4. The number of carbonyl (C=O) groups is 2. The van der Waals surface area contributed by atoms with Crippen molar-refractivity contribution in [2.24, 2.45) is 0 Å². The first-order chi connectivity index (χ1) is 17.0. The standard InChI is InChI=1S/C28H31ClN2O4/c1-3-4-5-8-19-34-24-17-11-21(12-18-24)28(33)31-23-15-13-22(14-16-23)30-27(32)20(2)35-26-10-7-6-9-25(26)29/h6-7,9-18,20H,3-5,8,19H2,1-2H3,(H,30,32)(H,31,33). The van der Waals surface area contributed by atoms with E-state index in [0.29, 0.717) is 34.3 Å². The van der Waals surface area contributed by atoms with Crippen molar-refractivity contribution >= 4 is 34.8 Å². The molecule has 3 aromatic rings. The summed E-state index contributed by atoms with van der Waals surface area (Å²) in [5, 5.41) is 6.09. The number of carbonyl (C=O) groups excluding carboxylic acids is 2. The van der Waals surface area contributed by atoms with E-state index in [1.165, 1.54) is 12.8 Å². The van der Waals surface area contributed by atoms with Gasteiger partial charge in [-0.3, -0.25) is 9.59 Å². The summed E-state index contributed by atoms with van der Waals surface area (Å²) in [6, 6.07) is 21.0. The normalized spacial score (nSPS) is 11.4. The fraction of sp³-hybridized carbons (Fsp3) is 0.286. The van der Waals surface area contributed by atoms with Crippen LogP contribution >= 0.6 is 11.6 Å². The van der Waals surface area contributed by atoms with Gasteiger partial charge >= 0.3 is 0 Å². The Morgan fingerprint density at radius 1 is 0.857 bits per heavy atom. The minimum Gasteiger partial charge on any atom is -0.494 e. The third kappa shape index (κ3) is 8.34. The molecule has 0 saturated carbocycles. The number of ether oxygens (including phenoxy) is 2. The number of hydrogen-bond acceptors (Lipinski definition) is 4. The van der Waals surface area contributed by atoms with Gasteiger partial charge in [-0.2, -0.15) is 0 Å². The molecule has 0 fully saturated rings. The molecular weight excluding hydrogens is 464 g/mol. The van der Waals surface area contributed by atoms with Crippen LogP contribution in [-0.4, -0.2) is 24.5 Å². The number of halogens is 1. The number of rotatable bonds is 12. The van der Waals surface area contributed by atoms with Crippen LogP contribution in [0.15, 0.2) is 72.8 Å². The van der Waals surface area contributed by atoms with Gasteiger partial charge in [0.25, 0.3) is 11.8 Å². The predicted octanol–water partition coefficient (Wildman–Crippen LogP) is 6.96. The number of hydrogen-bond donors (Lipinski definition) is 2. The maximum absolute atomic E-state index is 12.6. The van der Waals surface area contributed by atoms with Crippen LogP contribution in [0.3, 0.4) is 0 Å². The van der Waals surface area contributed by atoms with E-state index in [1.54, 1.807) is 79.7 Å². The third-order valence-corrected chi connectivity index (χ3v) is 5.62. The molecule has 1 atom stereocenters. The maximum atomic E-state index is 12.6. The average molecular weight is 495 g/mol. The van der Waals surface area contributed by atoms with Gasteiger partial charge in [-0.15, -0.1) is 0 Å². The third-order valence-electron chi connectivity index (χ3n) is 5.30. The van der Waals surface area contributed by atoms with E-state index in [2.05, 4.69) is 17.6 Å². The van der Waals surface area contributed by atoms with Gasteiger partial charge in [0.15, 0.2) is 6.10 Å². The molecule has 0 aliphatic carbocycles. The van der Waals surface area contributed by atoms with E-state index in [4.69, 9.17) is 21.1 Å². The van der Waals surface area contributed by atoms with Crippen LogP contribution in [0.2, 0.25) is 5.02 Å². The van der Waals surface area contributed by atoms with Crippen LogP contribution in [0.5, 0.6) is 11.5 Å². The molecule has 3 rings (SSSR count). The zero-order chi connectivity index (χ0) is 25.0. The van der Waals surface area contributed by atoms with Gasteiger partial charge in [-0.1, -0.05) is 49.9 Å². The summed E-state index contributed by atoms with van der Waals surface area (Å²) in [7, 11) is 0. The van der Waals surface area contributed by atoms with E-state index in [-0.39, 0.29) is 11.8 Å². The Labute approximate surface area is 211 Å². The molecular formula is C28H31ClN2O4. The van der Waals surface area contributed by atoms with E-state index >= 15 is 0 Å². The van der Waals surface area contributed by atoms with Gasteiger partial charge in [0.05, 0.1) is 11.6 Å². The van der Waals surface area contributed by atoms with Gasteiger partial charge in [-0.05, 0) is 74.0 Å². The van der Waals surface area contributed by atoms with Crippen LogP contribution in [0.25, 0.3) is 0 Å². The van der Waals surface area contributed by atoms with Crippen LogP contribution in [-0.2, 0) is 4.79 Å². The second-order valence-electron chi connectivity index (χ2n) is 8.14. The van der Waals surface area contributed by atoms with Crippen molar-refractivity contribution in [1.29, 1.82) is 0 Å². The smallest absolute Gasteiger partial charge is 0.265 e. The summed E-state index contributed by atoms with van der Waals surface area (Å²) in [5.74, 6) is 0.666. The first kappa shape index (κ1) is 26.1. The topological polar surface area (TPSA) is 76.7 Å². The van der Waals surface area contributed by atoms with Gasteiger partial charge in [-0.25, -0.2) is 0 Å². The van der Waals surface area contributed by atoms with Crippen molar-refractivity contribution in [2.45, 2.75) is 45.6 Å².